The van der Waals surface area contributed by atoms with Gasteiger partial charge in [0.15, 0.2) is 0 Å². The van der Waals surface area contributed by atoms with Crippen molar-refractivity contribution in [3.63, 3.8) is 0 Å². The summed E-state index contributed by atoms with van der Waals surface area (Å²) in [5.41, 5.74) is 0. The van der Waals surface area contributed by atoms with Crippen LogP contribution in [0.15, 0.2) is 0 Å². The summed E-state index contributed by atoms with van der Waals surface area (Å²) in [6, 6.07) is 0. The highest BCUT2D eigenvalue weighted by atomic mass is 35.5. The van der Waals surface area contributed by atoms with Crippen LogP contribution in [0.25, 0.3) is 0 Å². The van der Waals surface area contributed by atoms with Gasteiger partial charge in [0.25, 0.3) is 0 Å². The van der Waals surface area contributed by atoms with Crippen molar-refractivity contribution in [3.05, 3.63) is 0 Å². The van der Waals surface area contributed by atoms with Gasteiger partial charge in [-0.1, -0.05) is 6.92 Å². The minimum atomic E-state index is -4.23. The van der Waals surface area contributed by atoms with Crippen LogP contribution in [0.3, 0.4) is 0 Å². The fraction of sp³-hybridized carbons (Fsp3) is 1.00. The Labute approximate surface area is 68.5 Å². The minimum absolute atomic E-state index is 0.0287. The molecule has 0 aliphatic carbocycles. The number of hydrogen-bond acceptors (Lipinski definition) is 1. The number of halogens is 4. The molecule has 5 heteroatoms. The fourth-order valence-electron chi connectivity index (χ4n) is 0.420. The Morgan fingerprint density at radius 3 is 2.36 bits per heavy atom. The molecule has 0 aliphatic rings. The minimum Gasteiger partial charge on any atom is -0.372 e. The van der Waals surface area contributed by atoms with Crippen molar-refractivity contribution in [2.24, 2.45) is 5.92 Å². The Kier molecular flexibility index (Phi) is 4.84. The van der Waals surface area contributed by atoms with E-state index in [2.05, 4.69) is 4.74 Å². The van der Waals surface area contributed by atoms with E-state index in [4.69, 9.17) is 11.6 Å². The third kappa shape index (κ3) is 7.94. The third-order valence-electron chi connectivity index (χ3n) is 0.932. The smallest absolute Gasteiger partial charge is 0.372 e. The van der Waals surface area contributed by atoms with E-state index in [-0.39, 0.29) is 12.5 Å². The first-order valence-electron chi connectivity index (χ1n) is 3.16. The maximum Gasteiger partial charge on any atom is 0.411 e. The lowest BCUT2D eigenvalue weighted by Gasteiger charge is -2.10. The van der Waals surface area contributed by atoms with Crippen LogP contribution in [0.2, 0.25) is 0 Å². The van der Waals surface area contributed by atoms with Gasteiger partial charge in [0.05, 0.1) is 6.61 Å². The van der Waals surface area contributed by atoms with E-state index in [9.17, 15) is 13.2 Å². The molecule has 0 aliphatic heterocycles. The standard InChI is InChI=1S/C6H10ClF3O/c1-5(2-7)3-11-4-6(8,9)10/h5H,2-4H2,1H3. The second-order valence-corrected chi connectivity index (χ2v) is 2.70. The lowest BCUT2D eigenvalue weighted by atomic mass is 10.2. The van der Waals surface area contributed by atoms with E-state index in [1.54, 1.807) is 6.92 Å². The van der Waals surface area contributed by atoms with Crippen LogP contribution >= 0.6 is 11.6 Å². The van der Waals surface area contributed by atoms with Crippen LogP contribution < -0.4 is 0 Å². The highest BCUT2D eigenvalue weighted by Crippen LogP contribution is 2.14. The lowest BCUT2D eigenvalue weighted by Crippen LogP contribution is -2.19. The van der Waals surface area contributed by atoms with Gasteiger partial charge in [0.1, 0.15) is 6.61 Å². The van der Waals surface area contributed by atoms with Crippen molar-refractivity contribution in [2.75, 3.05) is 19.1 Å². The zero-order chi connectivity index (χ0) is 8.91. The van der Waals surface area contributed by atoms with Gasteiger partial charge in [-0.2, -0.15) is 13.2 Å². The molecule has 11 heavy (non-hydrogen) atoms. The number of hydrogen-bond donors (Lipinski definition) is 0. The second kappa shape index (κ2) is 4.83. The Balaban J connectivity index is 3.28. The van der Waals surface area contributed by atoms with Crippen LogP contribution in [0.4, 0.5) is 13.2 Å². The normalized spacial score (nSPS) is 15.0. The van der Waals surface area contributed by atoms with Gasteiger partial charge in [0.2, 0.25) is 0 Å². The van der Waals surface area contributed by atoms with Crippen LogP contribution in [0, 0.1) is 5.92 Å². The zero-order valence-electron chi connectivity index (χ0n) is 6.12. The molecule has 0 N–H and O–H groups in total. The molecule has 0 heterocycles. The van der Waals surface area contributed by atoms with Crippen molar-refractivity contribution in [1.29, 1.82) is 0 Å². The van der Waals surface area contributed by atoms with E-state index in [0.29, 0.717) is 5.88 Å². The van der Waals surface area contributed by atoms with E-state index >= 15 is 0 Å². The SMILES string of the molecule is CC(CCl)COCC(F)(F)F. The van der Waals surface area contributed by atoms with Gasteiger partial charge in [-0.15, -0.1) is 11.6 Å². The van der Waals surface area contributed by atoms with Gasteiger partial charge < -0.3 is 4.74 Å². The van der Waals surface area contributed by atoms with Crippen molar-refractivity contribution in [1.82, 2.24) is 0 Å². The molecule has 0 spiro atoms. The predicted octanol–water partition coefficient (Wildman–Crippen LogP) is 2.44. The first kappa shape index (κ1) is 11.0. The van der Waals surface area contributed by atoms with Gasteiger partial charge in [0, 0.05) is 5.88 Å². The van der Waals surface area contributed by atoms with E-state index in [1.165, 1.54) is 0 Å². The lowest BCUT2D eigenvalue weighted by molar-refractivity contribution is -0.175. The molecule has 1 unspecified atom stereocenters. The number of rotatable bonds is 4. The highest BCUT2D eigenvalue weighted by molar-refractivity contribution is 6.18. The quantitative estimate of drug-likeness (QED) is 0.619. The van der Waals surface area contributed by atoms with Crippen molar-refractivity contribution in [2.45, 2.75) is 13.1 Å². The van der Waals surface area contributed by atoms with E-state index < -0.39 is 12.8 Å². The summed E-state index contributed by atoms with van der Waals surface area (Å²) in [5, 5.41) is 0. The largest absolute Gasteiger partial charge is 0.411 e. The van der Waals surface area contributed by atoms with Gasteiger partial charge in [-0.3, -0.25) is 0 Å². The summed E-state index contributed by atoms with van der Waals surface area (Å²) in [4.78, 5) is 0. The molecule has 0 saturated heterocycles. The topological polar surface area (TPSA) is 9.23 Å². The second-order valence-electron chi connectivity index (χ2n) is 2.39. The Morgan fingerprint density at radius 1 is 1.45 bits per heavy atom. The molecule has 1 atom stereocenters. The average Bonchev–Trinajstić information content (AvgIpc) is 1.85. The van der Waals surface area contributed by atoms with E-state index in [1.807, 2.05) is 0 Å². The van der Waals surface area contributed by atoms with Crippen LogP contribution in [-0.4, -0.2) is 25.3 Å². The summed E-state index contributed by atoms with van der Waals surface area (Å²) in [6.45, 7) is 0.598. The molecular formula is C6H10ClF3O. The third-order valence-corrected chi connectivity index (χ3v) is 1.46. The first-order chi connectivity index (χ1) is 4.95. The zero-order valence-corrected chi connectivity index (χ0v) is 6.87. The van der Waals surface area contributed by atoms with Crippen LogP contribution in [0.5, 0.6) is 0 Å². The predicted molar refractivity (Wildman–Crippen MR) is 36.8 cm³/mol. The van der Waals surface area contributed by atoms with Crippen molar-refractivity contribution < 1.29 is 17.9 Å². The fourth-order valence-corrected chi connectivity index (χ4v) is 0.509. The molecule has 0 aromatic heterocycles. The molecule has 0 rings (SSSR count). The number of ether oxygens (including phenoxy) is 1. The maximum atomic E-state index is 11.5. The first-order valence-corrected chi connectivity index (χ1v) is 3.69. The highest BCUT2D eigenvalue weighted by Gasteiger charge is 2.27. The van der Waals surface area contributed by atoms with E-state index in [0.717, 1.165) is 0 Å². The monoisotopic (exact) mass is 190 g/mol. The molecule has 0 bridgehead atoms. The van der Waals surface area contributed by atoms with Crippen LogP contribution in [-0.2, 0) is 4.74 Å². The molecule has 0 amide bonds. The van der Waals surface area contributed by atoms with Crippen LogP contribution in [0.1, 0.15) is 6.92 Å². The molecule has 0 fully saturated rings. The average molecular weight is 191 g/mol. The molecular weight excluding hydrogens is 181 g/mol. The van der Waals surface area contributed by atoms with Gasteiger partial charge in [-0.25, -0.2) is 0 Å². The van der Waals surface area contributed by atoms with Crippen molar-refractivity contribution in [3.8, 4) is 0 Å². The summed E-state index contributed by atoms with van der Waals surface area (Å²) in [5.74, 6) is 0.289. The molecule has 1 nitrogen and oxygen atoms in total. The Morgan fingerprint density at radius 2 is 2.00 bits per heavy atom. The molecule has 0 saturated carbocycles. The summed E-state index contributed by atoms with van der Waals surface area (Å²) >= 11 is 5.34. The Hall–Kier alpha value is 0.0400. The van der Waals surface area contributed by atoms with Gasteiger partial charge in [-0.05, 0) is 5.92 Å². The summed E-state index contributed by atoms with van der Waals surface area (Å²) in [6.07, 6.45) is -4.23. The Bertz CT molecular complexity index is 104. The molecule has 0 aromatic rings. The summed E-state index contributed by atoms with van der Waals surface area (Å²) in [7, 11) is 0. The molecule has 68 valence electrons. The maximum absolute atomic E-state index is 11.5. The number of alkyl halides is 4. The van der Waals surface area contributed by atoms with Gasteiger partial charge >= 0.3 is 6.18 Å². The molecule has 0 aromatic carbocycles. The molecule has 0 radical (unpaired) electrons. The van der Waals surface area contributed by atoms with Crippen molar-refractivity contribution >= 4 is 11.6 Å². The summed E-state index contributed by atoms with van der Waals surface area (Å²) < 4.78 is 38.7.